The number of carbonyl (C=O) groups excluding carboxylic acids is 4. The van der Waals surface area contributed by atoms with Crippen LogP contribution >= 0.6 is 11.6 Å². The number of halogens is 2. The summed E-state index contributed by atoms with van der Waals surface area (Å²) in [4.78, 5) is 50.8. The minimum absolute atomic E-state index is 0.115. The number of nitrogens with one attached hydrogen (secondary N) is 1. The lowest BCUT2D eigenvalue weighted by Gasteiger charge is -2.26. The third-order valence-electron chi connectivity index (χ3n) is 5.56. The number of anilines is 1. The number of barbiturate groups is 1. The van der Waals surface area contributed by atoms with E-state index in [9.17, 15) is 23.6 Å². The number of hydrogen-bond acceptors (Lipinski definition) is 5. The number of nitrogens with zero attached hydrogens (tertiary/aromatic N) is 2. The van der Waals surface area contributed by atoms with Crippen LogP contribution in [0, 0.1) is 19.7 Å². The van der Waals surface area contributed by atoms with Crippen LogP contribution < -0.4 is 10.2 Å². The van der Waals surface area contributed by atoms with E-state index < -0.39 is 29.6 Å². The summed E-state index contributed by atoms with van der Waals surface area (Å²) < 4.78 is 19.9. The van der Waals surface area contributed by atoms with E-state index in [2.05, 4.69) is 5.32 Å². The summed E-state index contributed by atoms with van der Waals surface area (Å²) >= 11 is 6.41. The Balaban J connectivity index is 1.78. The number of carbonyl (C=O) groups is 4. The Morgan fingerprint density at radius 1 is 1.06 bits per heavy atom. The van der Waals surface area contributed by atoms with Crippen LogP contribution in [0.25, 0.3) is 11.8 Å². The fourth-order valence-electron chi connectivity index (χ4n) is 3.87. The Labute approximate surface area is 204 Å². The molecule has 8 nitrogen and oxygen atoms in total. The molecule has 10 heteroatoms. The summed E-state index contributed by atoms with van der Waals surface area (Å²) in [7, 11) is 1.28. The maximum atomic E-state index is 13.3. The van der Waals surface area contributed by atoms with Crippen molar-refractivity contribution in [2.24, 2.45) is 0 Å². The molecule has 3 aromatic rings. The largest absolute Gasteiger partial charge is 0.465 e. The van der Waals surface area contributed by atoms with Crippen molar-refractivity contribution in [3.8, 4) is 5.69 Å². The molecule has 4 rings (SSSR count). The van der Waals surface area contributed by atoms with Gasteiger partial charge in [-0.3, -0.25) is 14.9 Å². The zero-order valence-corrected chi connectivity index (χ0v) is 19.6. The third-order valence-corrected chi connectivity index (χ3v) is 5.88. The monoisotopic (exact) mass is 495 g/mol. The quantitative estimate of drug-likeness (QED) is 0.330. The fourth-order valence-corrected chi connectivity index (χ4v) is 4.07. The van der Waals surface area contributed by atoms with E-state index in [1.165, 1.54) is 25.3 Å². The first-order valence-electron chi connectivity index (χ1n) is 10.4. The number of hydrogen-bond donors (Lipinski definition) is 1. The summed E-state index contributed by atoms with van der Waals surface area (Å²) in [5.41, 5.74) is 2.52. The molecule has 2 heterocycles. The number of rotatable bonds is 4. The normalized spacial score (nSPS) is 14.9. The van der Waals surface area contributed by atoms with Gasteiger partial charge in [-0.15, -0.1) is 0 Å². The van der Waals surface area contributed by atoms with Crippen molar-refractivity contribution >= 4 is 47.2 Å². The number of methoxy groups -OCH3 is 1. The van der Waals surface area contributed by atoms with E-state index in [4.69, 9.17) is 16.3 Å². The topological polar surface area (TPSA) is 97.7 Å². The molecule has 1 fully saturated rings. The molecule has 0 aliphatic carbocycles. The lowest BCUT2D eigenvalue weighted by Crippen LogP contribution is -2.54. The van der Waals surface area contributed by atoms with Crippen LogP contribution in [0.15, 0.2) is 54.1 Å². The van der Waals surface area contributed by atoms with E-state index in [1.807, 2.05) is 0 Å². The van der Waals surface area contributed by atoms with Crippen molar-refractivity contribution < 1.29 is 28.3 Å². The van der Waals surface area contributed by atoms with Crippen molar-refractivity contribution in [3.05, 3.63) is 87.5 Å². The van der Waals surface area contributed by atoms with Crippen LogP contribution in [0.4, 0.5) is 14.9 Å². The van der Waals surface area contributed by atoms with Gasteiger partial charge in [0, 0.05) is 11.4 Å². The van der Waals surface area contributed by atoms with Crippen LogP contribution in [0.2, 0.25) is 5.02 Å². The van der Waals surface area contributed by atoms with Crippen LogP contribution in [-0.4, -0.2) is 35.5 Å². The second-order valence-electron chi connectivity index (χ2n) is 7.75. The van der Waals surface area contributed by atoms with Crippen molar-refractivity contribution in [2.45, 2.75) is 13.8 Å². The molecule has 4 amide bonds. The highest BCUT2D eigenvalue weighted by atomic mass is 35.5. The van der Waals surface area contributed by atoms with Gasteiger partial charge >= 0.3 is 12.0 Å². The molecular formula is C25H19ClFN3O5. The number of aromatic nitrogens is 1. The fraction of sp³-hybridized carbons (Fsp3) is 0.120. The standard InChI is InChI=1S/C25H19ClFN3O5/c1-13-10-16(14(2)29(13)21-12-15(24(33)35-3)4-9-20(21)26)11-19-22(31)28-25(34)30(23(19)32)18-7-5-17(27)6-8-18/h4-12H,1-3H3,(H,28,31,34)/b19-11+. The highest BCUT2D eigenvalue weighted by Crippen LogP contribution is 2.30. The van der Waals surface area contributed by atoms with Gasteiger partial charge in [-0.05, 0) is 74.0 Å². The Morgan fingerprint density at radius 2 is 1.74 bits per heavy atom. The number of benzene rings is 2. The lowest BCUT2D eigenvalue weighted by atomic mass is 10.1. The van der Waals surface area contributed by atoms with Gasteiger partial charge < -0.3 is 9.30 Å². The Bertz CT molecular complexity index is 1430. The molecule has 35 heavy (non-hydrogen) atoms. The van der Waals surface area contributed by atoms with Gasteiger partial charge in [-0.2, -0.15) is 0 Å². The number of esters is 1. The molecule has 0 spiro atoms. The van der Waals surface area contributed by atoms with Gasteiger partial charge in [0.2, 0.25) is 0 Å². The molecule has 1 aliphatic heterocycles. The predicted molar refractivity (Wildman–Crippen MR) is 127 cm³/mol. The van der Waals surface area contributed by atoms with Crippen LogP contribution in [-0.2, 0) is 14.3 Å². The Morgan fingerprint density at radius 3 is 2.40 bits per heavy atom. The molecule has 1 aliphatic rings. The van der Waals surface area contributed by atoms with Gasteiger partial charge in [0.05, 0.1) is 29.1 Å². The summed E-state index contributed by atoms with van der Waals surface area (Å²) in [5.74, 6) is -2.76. The molecule has 0 radical (unpaired) electrons. The van der Waals surface area contributed by atoms with Crippen LogP contribution in [0.5, 0.6) is 0 Å². The third kappa shape index (κ3) is 4.33. The SMILES string of the molecule is COC(=O)c1ccc(Cl)c(-n2c(C)cc(/C=C3\C(=O)NC(=O)N(c4ccc(F)cc4)C3=O)c2C)c1. The van der Waals surface area contributed by atoms with Crippen molar-refractivity contribution in [3.63, 3.8) is 0 Å². The first kappa shape index (κ1) is 23.9. The number of ether oxygens (including phenoxy) is 1. The predicted octanol–water partition coefficient (Wildman–Crippen LogP) is 4.34. The van der Waals surface area contributed by atoms with Gasteiger partial charge in [-0.25, -0.2) is 18.9 Å². The molecule has 1 N–H and O–H groups in total. The summed E-state index contributed by atoms with van der Waals surface area (Å²) in [6.45, 7) is 3.56. The van der Waals surface area contributed by atoms with Gasteiger partial charge in [-0.1, -0.05) is 11.6 Å². The molecular weight excluding hydrogens is 477 g/mol. The van der Waals surface area contributed by atoms with Crippen LogP contribution in [0.1, 0.15) is 27.3 Å². The van der Waals surface area contributed by atoms with Gasteiger partial charge in [0.25, 0.3) is 11.8 Å². The summed E-state index contributed by atoms with van der Waals surface area (Å²) in [6, 6.07) is 10.3. The zero-order valence-electron chi connectivity index (χ0n) is 18.9. The first-order valence-corrected chi connectivity index (χ1v) is 10.7. The average molecular weight is 496 g/mol. The Kier molecular flexibility index (Phi) is 6.27. The number of amides is 4. The molecule has 2 aromatic carbocycles. The van der Waals surface area contributed by atoms with E-state index >= 15 is 0 Å². The molecule has 0 atom stereocenters. The first-order chi connectivity index (χ1) is 16.6. The lowest BCUT2D eigenvalue weighted by molar-refractivity contribution is -0.122. The van der Waals surface area contributed by atoms with Crippen LogP contribution in [0.3, 0.4) is 0 Å². The van der Waals surface area contributed by atoms with Gasteiger partial charge in [0.1, 0.15) is 11.4 Å². The van der Waals surface area contributed by atoms with Crippen molar-refractivity contribution in [1.82, 2.24) is 9.88 Å². The smallest absolute Gasteiger partial charge is 0.337 e. The molecule has 0 saturated carbocycles. The Hall–Kier alpha value is -4.24. The van der Waals surface area contributed by atoms with Crippen molar-refractivity contribution in [2.75, 3.05) is 12.0 Å². The maximum Gasteiger partial charge on any atom is 0.337 e. The maximum absolute atomic E-state index is 13.3. The van der Waals surface area contributed by atoms with Crippen molar-refractivity contribution in [1.29, 1.82) is 0 Å². The minimum Gasteiger partial charge on any atom is -0.465 e. The summed E-state index contributed by atoms with van der Waals surface area (Å²) in [5, 5.41) is 2.51. The highest BCUT2D eigenvalue weighted by Gasteiger charge is 2.37. The number of urea groups is 1. The van der Waals surface area contributed by atoms with Gasteiger partial charge in [0.15, 0.2) is 0 Å². The van der Waals surface area contributed by atoms with E-state index in [1.54, 1.807) is 42.7 Å². The molecule has 0 unspecified atom stereocenters. The second-order valence-corrected chi connectivity index (χ2v) is 8.16. The van der Waals surface area contributed by atoms with E-state index in [-0.39, 0.29) is 11.3 Å². The minimum atomic E-state index is -0.930. The van der Waals surface area contributed by atoms with E-state index in [0.29, 0.717) is 33.2 Å². The molecule has 1 aromatic heterocycles. The highest BCUT2D eigenvalue weighted by molar-refractivity contribution is 6.39. The van der Waals surface area contributed by atoms with E-state index in [0.717, 1.165) is 17.0 Å². The number of imide groups is 2. The molecule has 0 bridgehead atoms. The zero-order chi connectivity index (χ0) is 25.4. The molecule has 178 valence electrons. The average Bonchev–Trinajstić information content (AvgIpc) is 3.10. The second kappa shape index (κ2) is 9.19. The summed E-state index contributed by atoms with van der Waals surface area (Å²) in [6.07, 6.45) is 1.37. The number of aryl methyl sites for hydroxylation is 1. The molecule has 1 saturated heterocycles.